The maximum atomic E-state index is 11.6. The van der Waals surface area contributed by atoms with E-state index in [0.29, 0.717) is 11.5 Å². The molecule has 1 aliphatic rings. The summed E-state index contributed by atoms with van der Waals surface area (Å²) in [5, 5.41) is 9.33. The SMILES string of the molecule is C[C@H]1CC[C@H](CNC(=O)c2cn[nH]c2)C1. The Morgan fingerprint density at radius 3 is 3.13 bits per heavy atom. The Labute approximate surface area is 89.5 Å². The topological polar surface area (TPSA) is 57.8 Å². The van der Waals surface area contributed by atoms with E-state index in [1.54, 1.807) is 12.4 Å². The van der Waals surface area contributed by atoms with Gasteiger partial charge in [-0.15, -0.1) is 0 Å². The predicted octanol–water partition coefficient (Wildman–Crippen LogP) is 1.58. The lowest BCUT2D eigenvalue weighted by molar-refractivity contribution is 0.0947. The Balaban J connectivity index is 1.76. The second-order valence-electron chi connectivity index (χ2n) is 4.48. The summed E-state index contributed by atoms with van der Waals surface area (Å²) in [6.45, 7) is 3.08. The molecule has 0 radical (unpaired) electrons. The number of aromatic nitrogens is 2. The minimum Gasteiger partial charge on any atom is -0.352 e. The monoisotopic (exact) mass is 207 g/mol. The molecule has 4 nitrogen and oxygen atoms in total. The molecule has 1 aromatic rings. The second kappa shape index (κ2) is 4.47. The first kappa shape index (κ1) is 10.2. The Hall–Kier alpha value is -1.32. The van der Waals surface area contributed by atoms with Crippen LogP contribution in [0.15, 0.2) is 12.4 Å². The number of aromatic amines is 1. The first-order valence-electron chi connectivity index (χ1n) is 5.52. The van der Waals surface area contributed by atoms with Crippen molar-refractivity contribution in [1.82, 2.24) is 15.5 Å². The first-order valence-corrected chi connectivity index (χ1v) is 5.52. The molecule has 0 bridgehead atoms. The predicted molar refractivity (Wildman–Crippen MR) is 57.4 cm³/mol. The van der Waals surface area contributed by atoms with Crippen molar-refractivity contribution < 1.29 is 4.79 Å². The zero-order valence-electron chi connectivity index (χ0n) is 8.99. The van der Waals surface area contributed by atoms with Crippen LogP contribution in [0, 0.1) is 11.8 Å². The van der Waals surface area contributed by atoms with Crippen molar-refractivity contribution in [3.63, 3.8) is 0 Å². The number of hydrogen-bond acceptors (Lipinski definition) is 2. The fraction of sp³-hybridized carbons (Fsp3) is 0.636. The lowest BCUT2D eigenvalue weighted by Gasteiger charge is -2.10. The number of amides is 1. The summed E-state index contributed by atoms with van der Waals surface area (Å²) in [5.41, 5.74) is 0.612. The fourth-order valence-electron chi connectivity index (χ4n) is 2.22. The van der Waals surface area contributed by atoms with E-state index < -0.39 is 0 Å². The molecule has 0 unspecified atom stereocenters. The van der Waals surface area contributed by atoms with Gasteiger partial charge in [0.2, 0.25) is 0 Å². The number of nitrogens with one attached hydrogen (secondary N) is 2. The van der Waals surface area contributed by atoms with Crippen molar-refractivity contribution in [2.24, 2.45) is 11.8 Å². The van der Waals surface area contributed by atoms with Crippen molar-refractivity contribution in [1.29, 1.82) is 0 Å². The van der Waals surface area contributed by atoms with Gasteiger partial charge >= 0.3 is 0 Å². The lowest BCUT2D eigenvalue weighted by atomic mass is 10.1. The molecule has 2 atom stereocenters. The summed E-state index contributed by atoms with van der Waals surface area (Å²) in [6.07, 6.45) is 6.95. The van der Waals surface area contributed by atoms with Crippen LogP contribution in [0.1, 0.15) is 36.5 Å². The number of carbonyl (C=O) groups is 1. The summed E-state index contributed by atoms with van der Waals surface area (Å²) >= 11 is 0. The zero-order valence-corrected chi connectivity index (χ0v) is 8.99. The van der Waals surface area contributed by atoms with E-state index in [1.807, 2.05) is 0 Å². The van der Waals surface area contributed by atoms with Crippen LogP contribution in [-0.4, -0.2) is 22.6 Å². The van der Waals surface area contributed by atoms with Crippen LogP contribution in [0.25, 0.3) is 0 Å². The molecule has 0 aromatic carbocycles. The van der Waals surface area contributed by atoms with Crippen molar-refractivity contribution in [2.75, 3.05) is 6.54 Å². The molecule has 1 saturated carbocycles. The molecule has 0 spiro atoms. The minimum atomic E-state index is -0.0247. The molecule has 82 valence electrons. The molecule has 2 rings (SSSR count). The quantitative estimate of drug-likeness (QED) is 0.790. The van der Waals surface area contributed by atoms with E-state index in [0.717, 1.165) is 12.5 Å². The Bertz CT molecular complexity index is 321. The number of carbonyl (C=O) groups excluding carboxylic acids is 1. The van der Waals surface area contributed by atoms with Crippen molar-refractivity contribution >= 4 is 5.91 Å². The first-order chi connectivity index (χ1) is 7.25. The van der Waals surface area contributed by atoms with Gasteiger partial charge in [-0.3, -0.25) is 9.89 Å². The summed E-state index contributed by atoms with van der Waals surface area (Å²) in [5.74, 6) is 1.46. The maximum Gasteiger partial charge on any atom is 0.254 e. The van der Waals surface area contributed by atoms with Gasteiger partial charge in [0, 0.05) is 12.7 Å². The third-order valence-corrected chi connectivity index (χ3v) is 3.12. The molecule has 15 heavy (non-hydrogen) atoms. The van der Waals surface area contributed by atoms with Crippen LogP contribution in [0.2, 0.25) is 0 Å². The highest BCUT2D eigenvalue weighted by molar-refractivity contribution is 5.93. The van der Waals surface area contributed by atoms with Crippen LogP contribution in [0.4, 0.5) is 0 Å². The number of rotatable bonds is 3. The van der Waals surface area contributed by atoms with E-state index in [9.17, 15) is 4.79 Å². The Kier molecular flexibility index (Phi) is 3.04. The summed E-state index contributed by atoms with van der Waals surface area (Å²) < 4.78 is 0. The highest BCUT2D eigenvalue weighted by Crippen LogP contribution is 2.29. The van der Waals surface area contributed by atoms with E-state index in [-0.39, 0.29) is 5.91 Å². The van der Waals surface area contributed by atoms with E-state index >= 15 is 0 Å². The lowest BCUT2D eigenvalue weighted by Crippen LogP contribution is -2.28. The second-order valence-corrected chi connectivity index (χ2v) is 4.48. The molecule has 2 N–H and O–H groups in total. The summed E-state index contributed by atoms with van der Waals surface area (Å²) in [7, 11) is 0. The summed E-state index contributed by atoms with van der Waals surface area (Å²) in [4.78, 5) is 11.6. The zero-order chi connectivity index (χ0) is 10.7. The van der Waals surface area contributed by atoms with Crippen LogP contribution in [0.5, 0.6) is 0 Å². The maximum absolute atomic E-state index is 11.6. The van der Waals surface area contributed by atoms with E-state index in [2.05, 4.69) is 22.4 Å². The number of hydrogen-bond donors (Lipinski definition) is 2. The Morgan fingerprint density at radius 1 is 1.67 bits per heavy atom. The molecule has 1 aliphatic carbocycles. The molecule has 4 heteroatoms. The van der Waals surface area contributed by atoms with Crippen LogP contribution in [-0.2, 0) is 0 Å². The van der Waals surface area contributed by atoms with Gasteiger partial charge in [0.15, 0.2) is 0 Å². The van der Waals surface area contributed by atoms with Crippen LogP contribution in [0.3, 0.4) is 0 Å². The van der Waals surface area contributed by atoms with Gasteiger partial charge in [0.25, 0.3) is 5.91 Å². The van der Waals surface area contributed by atoms with Crippen LogP contribution < -0.4 is 5.32 Å². The molecule has 1 fully saturated rings. The molecule has 1 amide bonds. The van der Waals surface area contributed by atoms with E-state index in [1.165, 1.54) is 19.3 Å². The molecular formula is C11H17N3O. The minimum absolute atomic E-state index is 0.0247. The molecule has 1 heterocycles. The summed E-state index contributed by atoms with van der Waals surface area (Å²) in [6, 6.07) is 0. The van der Waals surface area contributed by atoms with Gasteiger partial charge in [0.1, 0.15) is 0 Å². The Morgan fingerprint density at radius 2 is 2.53 bits per heavy atom. The number of nitrogens with zero attached hydrogens (tertiary/aromatic N) is 1. The van der Waals surface area contributed by atoms with Gasteiger partial charge in [-0.1, -0.05) is 13.3 Å². The van der Waals surface area contributed by atoms with Gasteiger partial charge in [-0.2, -0.15) is 5.10 Å². The van der Waals surface area contributed by atoms with Crippen molar-refractivity contribution in [3.05, 3.63) is 18.0 Å². The average Bonchev–Trinajstić information content (AvgIpc) is 2.84. The van der Waals surface area contributed by atoms with Crippen LogP contribution >= 0.6 is 0 Å². The smallest absolute Gasteiger partial charge is 0.254 e. The molecule has 0 saturated heterocycles. The van der Waals surface area contributed by atoms with Crippen molar-refractivity contribution in [2.45, 2.75) is 26.2 Å². The van der Waals surface area contributed by atoms with Gasteiger partial charge < -0.3 is 5.32 Å². The fourth-order valence-corrected chi connectivity index (χ4v) is 2.22. The third-order valence-electron chi connectivity index (χ3n) is 3.12. The average molecular weight is 207 g/mol. The largest absolute Gasteiger partial charge is 0.352 e. The van der Waals surface area contributed by atoms with Gasteiger partial charge in [-0.05, 0) is 24.7 Å². The molecular weight excluding hydrogens is 190 g/mol. The van der Waals surface area contributed by atoms with Crippen molar-refractivity contribution in [3.8, 4) is 0 Å². The van der Waals surface area contributed by atoms with E-state index in [4.69, 9.17) is 0 Å². The normalized spacial score (nSPS) is 25.4. The molecule has 0 aliphatic heterocycles. The molecule has 1 aromatic heterocycles. The highest BCUT2D eigenvalue weighted by atomic mass is 16.1. The number of H-pyrrole nitrogens is 1. The highest BCUT2D eigenvalue weighted by Gasteiger charge is 2.21. The standard InChI is InChI=1S/C11H17N3O/c1-8-2-3-9(4-8)5-12-11(15)10-6-13-14-7-10/h6-9H,2-5H2,1H3,(H,12,15)(H,13,14)/t8-,9-/m0/s1. The van der Waals surface area contributed by atoms with Gasteiger partial charge in [0.05, 0.1) is 11.8 Å². The third kappa shape index (κ3) is 2.58. The van der Waals surface area contributed by atoms with Gasteiger partial charge in [-0.25, -0.2) is 0 Å².